The van der Waals surface area contributed by atoms with E-state index in [1.807, 2.05) is 13.8 Å². The second-order valence-electron chi connectivity index (χ2n) is 6.52. The van der Waals surface area contributed by atoms with Crippen LogP contribution in [0.2, 0.25) is 0 Å². The largest absolute Gasteiger partial charge is 0.495 e. The molecule has 0 spiro atoms. The normalized spacial score (nSPS) is 10.2. The van der Waals surface area contributed by atoms with Crippen molar-refractivity contribution in [1.29, 1.82) is 0 Å². The Kier molecular flexibility index (Phi) is 7.59. The molecule has 29 heavy (non-hydrogen) atoms. The molecule has 3 amide bonds. The van der Waals surface area contributed by atoms with Crippen molar-refractivity contribution in [2.24, 2.45) is 0 Å². The Balaban J connectivity index is 1.92. The number of rotatable bonds is 8. The standard InChI is InChI=1S/C21H25N3O5/c1-13(2)29-17-8-5-15(6-9-17)21(27)22-12-20(26)24-16-7-10-19(28-4)18(11-16)23-14(3)25/h5-11,13H,12H2,1-4H3,(H,22,27)(H,23,25)(H,24,26). The lowest BCUT2D eigenvalue weighted by Gasteiger charge is -2.12. The minimum Gasteiger partial charge on any atom is -0.495 e. The third kappa shape index (κ3) is 6.84. The lowest BCUT2D eigenvalue weighted by atomic mass is 10.2. The van der Waals surface area contributed by atoms with Crippen molar-refractivity contribution in [3.05, 3.63) is 48.0 Å². The molecule has 2 rings (SSSR count). The van der Waals surface area contributed by atoms with E-state index >= 15 is 0 Å². The second-order valence-corrected chi connectivity index (χ2v) is 6.52. The highest BCUT2D eigenvalue weighted by molar-refractivity contribution is 6.00. The van der Waals surface area contributed by atoms with Crippen LogP contribution in [0.15, 0.2) is 42.5 Å². The molecule has 0 saturated heterocycles. The number of ether oxygens (including phenoxy) is 2. The first-order valence-electron chi connectivity index (χ1n) is 9.09. The summed E-state index contributed by atoms with van der Waals surface area (Å²) < 4.78 is 10.7. The van der Waals surface area contributed by atoms with Crippen LogP contribution < -0.4 is 25.4 Å². The SMILES string of the molecule is COc1ccc(NC(=O)CNC(=O)c2ccc(OC(C)C)cc2)cc1NC(C)=O. The second kappa shape index (κ2) is 10.1. The monoisotopic (exact) mass is 399 g/mol. The predicted molar refractivity (Wildman–Crippen MR) is 110 cm³/mol. The average molecular weight is 399 g/mol. The number of hydrogen-bond donors (Lipinski definition) is 3. The maximum atomic E-state index is 12.2. The lowest BCUT2D eigenvalue weighted by molar-refractivity contribution is -0.115. The summed E-state index contributed by atoms with van der Waals surface area (Å²) in [6, 6.07) is 11.5. The molecule has 0 aliphatic carbocycles. The molecule has 0 bridgehead atoms. The van der Waals surface area contributed by atoms with E-state index in [1.54, 1.807) is 42.5 Å². The summed E-state index contributed by atoms with van der Waals surface area (Å²) in [7, 11) is 1.48. The van der Waals surface area contributed by atoms with Gasteiger partial charge in [0.25, 0.3) is 5.91 Å². The highest BCUT2D eigenvalue weighted by Gasteiger charge is 2.11. The van der Waals surface area contributed by atoms with Gasteiger partial charge in [-0.15, -0.1) is 0 Å². The third-order valence-electron chi connectivity index (χ3n) is 3.69. The van der Waals surface area contributed by atoms with Gasteiger partial charge in [0.1, 0.15) is 11.5 Å². The van der Waals surface area contributed by atoms with E-state index in [0.717, 1.165) is 0 Å². The van der Waals surface area contributed by atoms with Crippen molar-refractivity contribution >= 4 is 29.1 Å². The molecule has 0 aliphatic rings. The number of carbonyl (C=O) groups excluding carboxylic acids is 3. The molecule has 8 heteroatoms. The number of carbonyl (C=O) groups is 3. The van der Waals surface area contributed by atoms with Crippen LogP contribution in [0.25, 0.3) is 0 Å². The number of hydrogen-bond acceptors (Lipinski definition) is 5. The van der Waals surface area contributed by atoms with Crippen molar-refractivity contribution in [2.75, 3.05) is 24.3 Å². The maximum absolute atomic E-state index is 12.2. The zero-order valence-electron chi connectivity index (χ0n) is 16.9. The summed E-state index contributed by atoms with van der Waals surface area (Å²) in [6.45, 7) is 5.01. The van der Waals surface area contributed by atoms with Gasteiger partial charge in [0, 0.05) is 18.2 Å². The van der Waals surface area contributed by atoms with Gasteiger partial charge >= 0.3 is 0 Å². The molecule has 0 heterocycles. The molecule has 0 saturated carbocycles. The van der Waals surface area contributed by atoms with Crippen LogP contribution in [-0.2, 0) is 9.59 Å². The summed E-state index contributed by atoms with van der Waals surface area (Å²) in [4.78, 5) is 35.6. The van der Waals surface area contributed by atoms with Gasteiger partial charge in [-0.25, -0.2) is 0 Å². The Morgan fingerprint density at radius 1 is 1.00 bits per heavy atom. The Morgan fingerprint density at radius 3 is 2.28 bits per heavy atom. The van der Waals surface area contributed by atoms with E-state index in [4.69, 9.17) is 9.47 Å². The fourth-order valence-corrected chi connectivity index (χ4v) is 2.50. The van der Waals surface area contributed by atoms with E-state index < -0.39 is 5.91 Å². The van der Waals surface area contributed by atoms with Gasteiger partial charge in [0.15, 0.2) is 0 Å². The van der Waals surface area contributed by atoms with E-state index in [0.29, 0.717) is 28.4 Å². The number of amides is 3. The van der Waals surface area contributed by atoms with Gasteiger partial charge in [-0.1, -0.05) is 0 Å². The molecule has 0 unspecified atom stereocenters. The average Bonchev–Trinajstić information content (AvgIpc) is 2.66. The van der Waals surface area contributed by atoms with Crippen LogP contribution in [0.5, 0.6) is 11.5 Å². The van der Waals surface area contributed by atoms with Crippen LogP contribution in [0.1, 0.15) is 31.1 Å². The Bertz CT molecular complexity index is 878. The minimum atomic E-state index is -0.406. The van der Waals surface area contributed by atoms with E-state index in [9.17, 15) is 14.4 Å². The highest BCUT2D eigenvalue weighted by Crippen LogP contribution is 2.27. The fraction of sp³-hybridized carbons (Fsp3) is 0.286. The summed E-state index contributed by atoms with van der Waals surface area (Å²) in [5.41, 5.74) is 1.32. The molecule has 0 atom stereocenters. The van der Waals surface area contributed by atoms with E-state index in [2.05, 4.69) is 16.0 Å². The summed E-state index contributed by atoms with van der Waals surface area (Å²) >= 11 is 0. The number of anilines is 2. The molecule has 0 aromatic heterocycles. The quantitative estimate of drug-likeness (QED) is 0.633. The number of methoxy groups -OCH3 is 1. The van der Waals surface area contributed by atoms with Gasteiger partial charge < -0.3 is 25.4 Å². The molecule has 3 N–H and O–H groups in total. The molecule has 0 fully saturated rings. The molecule has 2 aromatic rings. The van der Waals surface area contributed by atoms with Crippen molar-refractivity contribution < 1.29 is 23.9 Å². The van der Waals surface area contributed by atoms with Crippen LogP contribution in [0, 0.1) is 0 Å². The first-order valence-corrected chi connectivity index (χ1v) is 9.09. The zero-order chi connectivity index (χ0) is 21.4. The first-order chi connectivity index (χ1) is 13.8. The number of benzene rings is 2. The van der Waals surface area contributed by atoms with Gasteiger partial charge in [-0.3, -0.25) is 14.4 Å². The lowest BCUT2D eigenvalue weighted by Crippen LogP contribution is -2.32. The minimum absolute atomic E-state index is 0.0440. The molecular formula is C21H25N3O5. The maximum Gasteiger partial charge on any atom is 0.251 e. The van der Waals surface area contributed by atoms with E-state index in [1.165, 1.54) is 14.0 Å². The first kappa shape index (κ1) is 21.7. The van der Waals surface area contributed by atoms with Crippen molar-refractivity contribution in [1.82, 2.24) is 5.32 Å². The van der Waals surface area contributed by atoms with Crippen LogP contribution in [0.3, 0.4) is 0 Å². The van der Waals surface area contributed by atoms with Gasteiger partial charge in [-0.2, -0.15) is 0 Å². The third-order valence-corrected chi connectivity index (χ3v) is 3.69. The topological polar surface area (TPSA) is 106 Å². The Labute approximate surface area is 169 Å². The molecule has 154 valence electrons. The van der Waals surface area contributed by atoms with Gasteiger partial charge in [0.05, 0.1) is 25.4 Å². The molecule has 0 aliphatic heterocycles. The number of nitrogens with one attached hydrogen (secondary N) is 3. The van der Waals surface area contributed by atoms with Crippen LogP contribution in [0.4, 0.5) is 11.4 Å². The summed E-state index contributed by atoms with van der Waals surface area (Å²) in [5.74, 6) is 0.103. The highest BCUT2D eigenvalue weighted by atomic mass is 16.5. The van der Waals surface area contributed by atoms with Crippen molar-refractivity contribution in [2.45, 2.75) is 26.9 Å². The molecule has 0 radical (unpaired) electrons. The molecule has 2 aromatic carbocycles. The Morgan fingerprint density at radius 2 is 1.69 bits per heavy atom. The predicted octanol–water partition coefficient (Wildman–Crippen LogP) is 2.81. The molecule has 8 nitrogen and oxygen atoms in total. The van der Waals surface area contributed by atoms with Gasteiger partial charge in [-0.05, 0) is 56.3 Å². The summed E-state index contributed by atoms with van der Waals surface area (Å²) in [6.07, 6.45) is 0.0440. The van der Waals surface area contributed by atoms with E-state index in [-0.39, 0.29) is 24.5 Å². The van der Waals surface area contributed by atoms with Crippen LogP contribution >= 0.6 is 0 Å². The zero-order valence-corrected chi connectivity index (χ0v) is 16.9. The smallest absolute Gasteiger partial charge is 0.251 e. The van der Waals surface area contributed by atoms with Crippen molar-refractivity contribution in [3.8, 4) is 11.5 Å². The summed E-state index contributed by atoms with van der Waals surface area (Å²) in [5, 5.41) is 7.86. The molecular weight excluding hydrogens is 374 g/mol. The van der Waals surface area contributed by atoms with Crippen molar-refractivity contribution in [3.63, 3.8) is 0 Å². The van der Waals surface area contributed by atoms with Crippen LogP contribution in [-0.4, -0.2) is 37.5 Å². The Hall–Kier alpha value is -3.55. The van der Waals surface area contributed by atoms with Gasteiger partial charge in [0.2, 0.25) is 11.8 Å². The fourth-order valence-electron chi connectivity index (χ4n) is 2.50.